The Morgan fingerprint density at radius 2 is 2.18 bits per heavy atom. The Balaban J connectivity index is 1.74. The molecule has 3 nitrogen and oxygen atoms in total. The Kier molecular flexibility index (Phi) is 4.21. The average Bonchev–Trinajstić information content (AvgIpc) is 3.03. The molecule has 0 saturated heterocycles. The third kappa shape index (κ3) is 3.84. The van der Waals surface area contributed by atoms with Crippen LogP contribution in [0.2, 0.25) is 0 Å². The van der Waals surface area contributed by atoms with Crippen molar-refractivity contribution in [2.75, 3.05) is 6.54 Å². The number of aryl methyl sites for hydroxylation is 1. The second kappa shape index (κ2) is 5.67. The highest BCUT2D eigenvalue weighted by molar-refractivity contribution is 5.05. The van der Waals surface area contributed by atoms with E-state index in [0.29, 0.717) is 12.0 Å². The minimum atomic E-state index is 0.560. The molecule has 1 aliphatic carbocycles. The zero-order valence-electron chi connectivity index (χ0n) is 11.2. The normalized spacial score (nSPS) is 17.6. The predicted octanol–water partition coefficient (Wildman–Crippen LogP) is 3.12. The summed E-state index contributed by atoms with van der Waals surface area (Å²) in [6.07, 6.45) is 6.67. The summed E-state index contributed by atoms with van der Waals surface area (Å²) in [6, 6.07) is 0.560. The first-order chi connectivity index (χ1) is 8.16. The van der Waals surface area contributed by atoms with Crippen molar-refractivity contribution in [1.82, 2.24) is 10.3 Å². The molecule has 0 radical (unpaired) electrons. The Bertz CT molecular complexity index is 342. The van der Waals surface area contributed by atoms with Crippen LogP contribution in [-0.2, 0) is 6.42 Å². The highest BCUT2D eigenvalue weighted by atomic mass is 16.4. The first-order valence-corrected chi connectivity index (χ1v) is 6.85. The van der Waals surface area contributed by atoms with Crippen LogP contribution in [0.1, 0.15) is 57.6 Å². The maximum Gasteiger partial charge on any atom is 0.194 e. The Hall–Kier alpha value is -0.830. The Morgan fingerprint density at radius 1 is 1.41 bits per heavy atom. The van der Waals surface area contributed by atoms with Crippen LogP contribution in [-0.4, -0.2) is 17.6 Å². The van der Waals surface area contributed by atoms with Crippen LogP contribution in [0.25, 0.3) is 0 Å². The number of nitrogens with zero attached hydrogens (tertiary/aromatic N) is 1. The molecule has 1 N–H and O–H groups in total. The van der Waals surface area contributed by atoms with Gasteiger partial charge in [0.2, 0.25) is 0 Å². The Morgan fingerprint density at radius 3 is 2.82 bits per heavy atom. The first-order valence-electron chi connectivity index (χ1n) is 6.85. The van der Waals surface area contributed by atoms with Crippen molar-refractivity contribution < 1.29 is 4.42 Å². The maximum absolute atomic E-state index is 5.81. The lowest BCUT2D eigenvalue weighted by Crippen LogP contribution is -2.23. The molecule has 0 amide bonds. The van der Waals surface area contributed by atoms with Gasteiger partial charge >= 0.3 is 0 Å². The molecule has 0 bridgehead atoms. The fraction of sp³-hybridized carbons (Fsp3) is 0.786. The summed E-state index contributed by atoms with van der Waals surface area (Å²) >= 11 is 0. The quantitative estimate of drug-likeness (QED) is 0.739. The van der Waals surface area contributed by atoms with Crippen LogP contribution < -0.4 is 5.32 Å². The lowest BCUT2D eigenvalue weighted by Gasteiger charge is -2.06. The largest absolute Gasteiger partial charge is 0.445 e. The molecule has 96 valence electrons. The molecule has 1 heterocycles. The van der Waals surface area contributed by atoms with E-state index in [-0.39, 0.29) is 0 Å². The summed E-state index contributed by atoms with van der Waals surface area (Å²) < 4.78 is 5.81. The molecular formula is C14H24N2O. The number of rotatable bonds is 7. The fourth-order valence-electron chi connectivity index (χ4n) is 2.11. The molecule has 2 rings (SSSR count). The van der Waals surface area contributed by atoms with Gasteiger partial charge in [-0.3, -0.25) is 0 Å². The molecule has 0 spiro atoms. The molecule has 1 saturated carbocycles. The molecule has 1 fully saturated rings. The van der Waals surface area contributed by atoms with Gasteiger partial charge in [0.1, 0.15) is 5.76 Å². The van der Waals surface area contributed by atoms with E-state index in [1.807, 2.05) is 6.20 Å². The summed E-state index contributed by atoms with van der Waals surface area (Å²) in [5.74, 6) is 3.39. The van der Waals surface area contributed by atoms with Gasteiger partial charge in [0.05, 0.1) is 6.20 Å². The summed E-state index contributed by atoms with van der Waals surface area (Å²) in [5, 5.41) is 3.40. The van der Waals surface area contributed by atoms with Crippen LogP contribution >= 0.6 is 0 Å². The monoisotopic (exact) mass is 236 g/mol. The zero-order chi connectivity index (χ0) is 12.3. The van der Waals surface area contributed by atoms with Crippen LogP contribution in [0.15, 0.2) is 10.6 Å². The van der Waals surface area contributed by atoms with E-state index >= 15 is 0 Å². The summed E-state index contributed by atoms with van der Waals surface area (Å²) in [5.41, 5.74) is 0. The minimum Gasteiger partial charge on any atom is -0.445 e. The molecule has 3 heteroatoms. The van der Waals surface area contributed by atoms with Crippen molar-refractivity contribution in [2.24, 2.45) is 5.92 Å². The molecule has 0 aliphatic heterocycles. The number of nitrogens with one attached hydrogen (secondary N) is 1. The van der Waals surface area contributed by atoms with E-state index in [2.05, 4.69) is 31.1 Å². The third-order valence-corrected chi connectivity index (χ3v) is 3.47. The number of hydrogen-bond acceptors (Lipinski definition) is 3. The minimum absolute atomic E-state index is 0.560. The number of hydrogen-bond donors (Lipinski definition) is 1. The Labute approximate surface area is 104 Å². The lowest BCUT2D eigenvalue weighted by atomic mass is 10.0. The molecule has 1 atom stereocenters. The molecule has 0 aromatic carbocycles. The van der Waals surface area contributed by atoms with E-state index < -0.39 is 0 Å². The molecule has 1 aliphatic rings. The molecule has 17 heavy (non-hydrogen) atoms. The van der Waals surface area contributed by atoms with Crippen molar-refractivity contribution in [1.29, 1.82) is 0 Å². The SMILES string of the molecule is CC(C)NCCCc1ncc(C(C)C2CC2)o1. The maximum atomic E-state index is 5.81. The van der Waals surface area contributed by atoms with Gasteiger partial charge in [0, 0.05) is 18.4 Å². The second-order valence-corrected chi connectivity index (χ2v) is 5.49. The first kappa shape index (κ1) is 12.6. The zero-order valence-corrected chi connectivity index (χ0v) is 11.2. The van der Waals surface area contributed by atoms with Gasteiger partial charge in [-0.25, -0.2) is 4.98 Å². The molecule has 1 aromatic heterocycles. The van der Waals surface area contributed by atoms with Gasteiger partial charge in [0.25, 0.3) is 0 Å². The molecule has 1 unspecified atom stereocenters. The van der Waals surface area contributed by atoms with Gasteiger partial charge < -0.3 is 9.73 Å². The number of oxazole rings is 1. The average molecular weight is 236 g/mol. The van der Waals surface area contributed by atoms with Crippen LogP contribution in [0, 0.1) is 5.92 Å². The van der Waals surface area contributed by atoms with Gasteiger partial charge in [-0.1, -0.05) is 20.8 Å². The van der Waals surface area contributed by atoms with Crippen LogP contribution in [0.4, 0.5) is 0 Å². The third-order valence-electron chi connectivity index (χ3n) is 3.47. The van der Waals surface area contributed by atoms with Gasteiger partial charge in [-0.2, -0.15) is 0 Å². The van der Waals surface area contributed by atoms with E-state index in [1.165, 1.54) is 12.8 Å². The summed E-state index contributed by atoms with van der Waals surface area (Å²) in [4.78, 5) is 4.37. The van der Waals surface area contributed by atoms with Crippen molar-refractivity contribution in [3.8, 4) is 0 Å². The van der Waals surface area contributed by atoms with Crippen LogP contribution in [0.5, 0.6) is 0 Å². The summed E-state index contributed by atoms with van der Waals surface area (Å²) in [7, 11) is 0. The highest BCUT2D eigenvalue weighted by Gasteiger charge is 2.31. The van der Waals surface area contributed by atoms with E-state index in [0.717, 1.165) is 37.0 Å². The molecule has 1 aromatic rings. The van der Waals surface area contributed by atoms with Crippen molar-refractivity contribution in [3.05, 3.63) is 17.8 Å². The molecular weight excluding hydrogens is 212 g/mol. The predicted molar refractivity (Wildman–Crippen MR) is 69.1 cm³/mol. The van der Waals surface area contributed by atoms with E-state index in [4.69, 9.17) is 4.42 Å². The second-order valence-electron chi connectivity index (χ2n) is 5.49. The van der Waals surface area contributed by atoms with Gasteiger partial charge in [0.15, 0.2) is 5.89 Å². The standard InChI is InChI=1S/C14H24N2O/c1-10(2)15-8-4-5-14-16-9-13(17-14)11(3)12-6-7-12/h9-12,15H,4-8H2,1-3H3. The summed E-state index contributed by atoms with van der Waals surface area (Å²) in [6.45, 7) is 7.62. The van der Waals surface area contributed by atoms with E-state index in [1.54, 1.807) is 0 Å². The number of aromatic nitrogens is 1. The highest BCUT2D eigenvalue weighted by Crippen LogP contribution is 2.42. The smallest absolute Gasteiger partial charge is 0.194 e. The topological polar surface area (TPSA) is 38.1 Å². The fourth-order valence-corrected chi connectivity index (χ4v) is 2.11. The van der Waals surface area contributed by atoms with Crippen LogP contribution in [0.3, 0.4) is 0 Å². The van der Waals surface area contributed by atoms with Crippen molar-refractivity contribution >= 4 is 0 Å². The van der Waals surface area contributed by atoms with Gasteiger partial charge in [-0.05, 0) is 31.7 Å². The van der Waals surface area contributed by atoms with Gasteiger partial charge in [-0.15, -0.1) is 0 Å². The van der Waals surface area contributed by atoms with Crippen molar-refractivity contribution in [2.45, 2.75) is 58.4 Å². The van der Waals surface area contributed by atoms with Crippen molar-refractivity contribution in [3.63, 3.8) is 0 Å². The lowest BCUT2D eigenvalue weighted by molar-refractivity contribution is 0.410. The van der Waals surface area contributed by atoms with E-state index in [9.17, 15) is 0 Å².